The molecule has 21 heavy (non-hydrogen) atoms. The van der Waals surface area contributed by atoms with E-state index in [1.807, 2.05) is 18.2 Å². The van der Waals surface area contributed by atoms with Crippen molar-refractivity contribution in [1.82, 2.24) is 5.32 Å². The second-order valence-corrected chi connectivity index (χ2v) is 5.98. The van der Waals surface area contributed by atoms with Crippen molar-refractivity contribution >= 4 is 5.97 Å². The fraction of sp³-hybridized carbons (Fsp3) is 0.611. The fourth-order valence-electron chi connectivity index (χ4n) is 2.53. The normalized spacial score (nSPS) is 14.0. The van der Waals surface area contributed by atoms with Crippen LogP contribution in [0.5, 0.6) is 0 Å². The molecule has 0 heterocycles. The summed E-state index contributed by atoms with van der Waals surface area (Å²) in [5.41, 5.74) is 1.24. The van der Waals surface area contributed by atoms with E-state index in [9.17, 15) is 4.79 Å². The van der Waals surface area contributed by atoms with E-state index in [0.29, 0.717) is 5.92 Å². The van der Waals surface area contributed by atoms with Crippen molar-refractivity contribution in [3.05, 3.63) is 35.9 Å². The first-order valence-corrected chi connectivity index (χ1v) is 7.97. The molecule has 2 unspecified atom stereocenters. The van der Waals surface area contributed by atoms with E-state index < -0.39 is 0 Å². The first kappa shape index (κ1) is 17.7. The zero-order chi connectivity index (χ0) is 15.7. The van der Waals surface area contributed by atoms with Crippen LogP contribution in [0.15, 0.2) is 30.3 Å². The number of carbonyl (C=O) groups is 1. The molecule has 0 bridgehead atoms. The van der Waals surface area contributed by atoms with Crippen LogP contribution in [0.3, 0.4) is 0 Å². The molecule has 118 valence electrons. The van der Waals surface area contributed by atoms with Crippen molar-refractivity contribution < 1.29 is 9.53 Å². The molecule has 0 saturated heterocycles. The Morgan fingerprint density at radius 3 is 2.43 bits per heavy atom. The molecule has 0 aromatic heterocycles. The van der Waals surface area contributed by atoms with Gasteiger partial charge in [-0.05, 0) is 24.3 Å². The van der Waals surface area contributed by atoms with E-state index in [2.05, 4.69) is 38.2 Å². The van der Waals surface area contributed by atoms with Gasteiger partial charge in [-0.2, -0.15) is 0 Å². The minimum atomic E-state index is -0.239. The molecule has 2 atom stereocenters. The summed E-state index contributed by atoms with van der Waals surface area (Å²) in [7, 11) is 1.46. The Hall–Kier alpha value is -1.35. The monoisotopic (exact) mass is 291 g/mol. The quantitative estimate of drug-likeness (QED) is 0.696. The summed E-state index contributed by atoms with van der Waals surface area (Å²) in [4.78, 5) is 12.0. The molecule has 0 aliphatic carbocycles. The lowest BCUT2D eigenvalue weighted by molar-refractivity contribution is -0.143. The maximum atomic E-state index is 12.0. The van der Waals surface area contributed by atoms with Gasteiger partial charge in [0.15, 0.2) is 0 Å². The second kappa shape index (κ2) is 9.56. The predicted molar refractivity (Wildman–Crippen MR) is 87.1 cm³/mol. The van der Waals surface area contributed by atoms with Gasteiger partial charge in [0.25, 0.3) is 0 Å². The topological polar surface area (TPSA) is 38.3 Å². The smallest absolute Gasteiger partial charge is 0.322 e. The Labute approximate surface area is 129 Å². The molecular formula is C18H29NO2. The van der Waals surface area contributed by atoms with Crippen molar-refractivity contribution in [3.8, 4) is 0 Å². The number of carbonyl (C=O) groups excluding carboxylic acids is 1. The van der Waals surface area contributed by atoms with E-state index in [1.54, 1.807) is 0 Å². The van der Waals surface area contributed by atoms with Gasteiger partial charge in [0.05, 0.1) is 7.11 Å². The molecule has 1 rings (SSSR count). The van der Waals surface area contributed by atoms with Crippen LogP contribution in [0.1, 0.15) is 58.1 Å². The molecule has 0 saturated carbocycles. The van der Waals surface area contributed by atoms with Gasteiger partial charge < -0.3 is 4.74 Å². The average molecular weight is 291 g/mol. The Morgan fingerprint density at radius 2 is 1.90 bits per heavy atom. The van der Waals surface area contributed by atoms with Gasteiger partial charge in [0, 0.05) is 6.04 Å². The summed E-state index contributed by atoms with van der Waals surface area (Å²) in [6.07, 6.45) is 4.12. The highest BCUT2D eigenvalue weighted by molar-refractivity contribution is 5.75. The summed E-state index contributed by atoms with van der Waals surface area (Å²) in [5, 5.41) is 3.51. The lowest BCUT2D eigenvalue weighted by Crippen LogP contribution is -2.41. The highest BCUT2D eigenvalue weighted by atomic mass is 16.5. The van der Waals surface area contributed by atoms with Crippen molar-refractivity contribution in [3.63, 3.8) is 0 Å². The van der Waals surface area contributed by atoms with Crippen LogP contribution in [0, 0.1) is 5.92 Å². The van der Waals surface area contributed by atoms with Crippen LogP contribution in [-0.2, 0) is 9.53 Å². The first-order chi connectivity index (χ1) is 10.1. The third-order valence-electron chi connectivity index (χ3n) is 3.64. The number of nitrogens with one attached hydrogen (secondary N) is 1. The number of esters is 1. The number of methoxy groups -OCH3 is 1. The molecule has 3 heteroatoms. The molecule has 0 amide bonds. The predicted octanol–water partition coefficient (Wildman–Crippen LogP) is 4.10. The Bertz CT molecular complexity index is 403. The van der Waals surface area contributed by atoms with Crippen molar-refractivity contribution in [1.29, 1.82) is 0 Å². The third kappa shape index (κ3) is 6.30. The van der Waals surface area contributed by atoms with Gasteiger partial charge in [-0.3, -0.25) is 10.1 Å². The van der Waals surface area contributed by atoms with Gasteiger partial charge in [0.2, 0.25) is 0 Å². The maximum Gasteiger partial charge on any atom is 0.322 e. The van der Waals surface area contributed by atoms with Crippen LogP contribution in [0.25, 0.3) is 0 Å². The lowest BCUT2D eigenvalue weighted by Gasteiger charge is -2.26. The molecule has 0 aliphatic heterocycles. The van der Waals surface area contributed by atoms with Crippen molar-refractivity contribution in [2.75, 3.05) is 7.11 Å². The van der Waals surface area contributed by atoms with Gasteiger partial charge in [-0.1, -0.05) is 63.9 Å². The standard InChI is InChI=1S/C18H29NO2/c1-5-6-12-16(15-10-8-7-9-11-15)19-17(13-14(2)3)18(20)21-4/h7-11,14,16-17,19H,5-6,12-13H2,1-4H3. The summed E-state index contributed by atoms with van der Waals surface area (Å²) >= 11 is 0. The number of unbranched alkanes of at least 4 members (excludes halogenated alkanes) is 1. The Kier molecular flexibility index (Phi) is 8.06. The molecule has 0 radical (unpaired) electrons. The number of hydrogen-bond donors (Lipinski definition) is 1. The molecule has 1 N–H and O–H groups in total. The highest BCUT2D eigenvalue weighted by Crippen LogP contribution is 2.21. The zero-order valence-corrected chi connectivity index (χ0v) is 13.8. The Morgan fingerprint density at radius 1 is 1.24 bits per heavy atom. The van der Waals surface area contributed by atoms with Crippen LogP contribution < -0.4 is 5.32 Å². The Balaban J connectivity index is 2.83. The van der Waals surface area contributed by atoms with Crippen LogP contribution >= 0.6 is 0 Å². The van der Waals surface area contributed by atoms with Crippen LogP contribution in [-0.4, -0.2) is 19.1 Å². The first-order valence-electron chi connectivity index (χ1n) is 7.97. The summed E-state index contributed by atoms with van der Waals surface area (Å²) in [6.45, 7) is 6.44. The lowest BCUT2D eigenvalue weighted by atomic mass is 9.97. The van der Waals surface area contributed by atoms with E-state index in [0.717, 1.165) is 25.7 Å². The van der Waals surface area contributed by atoms with Gasteiger partial charge in [-0.15, -0.1) is 0 Å². The van der Waals surface area contributed by atoms with E-state index in [4.69, 9.17) is 4.74 Å². The second-order valence-electron chi connectivity index (χ2n) is 5.98. The van der Waals surface area contributed by atoms with E-state index >= 15 is 0 Å². The fourth-order valence-corrected chi connectivity index (χ4v) is 2.53. The summed E-state index contributed by atoms with van der Waals surface area (Å²) in [5.74, 6) is 0.283. The minimum Gasteiger partial charge on any atom is -0.468 e. The molecule has 0 fully saturated rings. The van der Waals surface area contributed by atoms with Gasteiger partial charge in [0.1, 0.15) is 6.04 Å². The SMILES string of the molecule is CCCCC(NC(CC(C)C)C(=O)OC)c1ccccc1. The number of benzene rings is 1. The third-order valence-corrected chi connectivity index (χ3v) is 3.64. The molecule has 0 spiro atoms. The number of hydrogen-bond acceptors (Lipinski definition) is 3. The summed E-state index contributed by atoms with van der Waals surface area (Å²) in [6, 6.07) is 10.3. The average Bonchev–Trinajstić information content (AvgIpc) is 2.50. The number of ether oxygens (including phenoxy) is 1. The molecular weight excluding hydrogens is 262 g/mol. The zero-order valence-electron chi connectivity index (χ0n) is 13.8. The van der Waals surface area contributed by atoms with Crippen molar-refractivity contribution in [2.45, 2.75) is 58.5 Å². The molecule has 1 aromatic rings. The van der Waals surface area contributed by atoms with E-state index in [-0.39, 0.29) is 18.1 Å². The van der Waals surface area contributed by atoms with Crippen LogP contribution in [0.2, 0.25) is 0 Å². The van der Waals surface area contributed by atoms with Crippen LogP contribution in [0.4, 0.5) is 0 Å². The largest absolute Gasteiger partial charge is 0.468 e. The van der Waals surface area contributed by atoms with Gasteiger partial charge in [-0.25, -0.2) is 0 Å². The minimum absolute atomic E-state index is 0.166. The molecule has 1 aromatic carbocycles. The van der Waals surface area contributed by atoms with Crippen molar-refractivity contribution in [2.24, 2.45) is 5.92 Å². The van der Waals surface area contributed by atoms with Gasteiger partial charge >= 0.3 is 5.97 Å². The highest BCUT2D eigenvalue weighted by Gasteiger charge is 2.24. The summed E-state index contributed by atoms with van der Waals surface area (Å²) < 4.78 is 4.95. The molecule has 3 nitrogen and oxygen atoms in total. The molecule has 0 aliphatic rings. The maximum absolute atomic E-state index is 12.0. The van der Waals surface area contributed by atoms with E-state index in [1.165, 1.54) is 12.7 Å². The number of rotatable bonds is 9.